The molecular weight excluding hydrogens is 608 g/mol. The molecule has 0 aromatic carbocycles. The molecule has 0 aromatic rings. The molecule has 48 heavy (non-hydrogen) atoms. The van der Waals surface area contributed by atoms with Crippen molar-refractivity contribution in [2.75, 3.05) is 6.61 Å². The lowest BCUT2D eigenvalue weighted by atomic mass is 9.31. The number of carboxylic acids is 1. The lowest BCUT2D eigenvalue weighted by molar-refractivity contribution is -0.245. The van der Waals surface area contributed by atoms with Crippen molar-refractivity contribution in [2.24, 2.45) is 56.2 Å². The molecule has 5 saturated carbocycles. The summed E-state index contributed by atoms with van der Waals surface area (Å²) in [6.45, 7) is 22.5. The van der Waals surface area contributed by atoms with Gasteiger partial charge in [-0.25, -0.2) is 0 Å². The van der Waals surface area contributed by atoms with Crippen molar-refractivity contribution in [1.29, 1.82) is 0 Å². The van der Waals surface area contributed by atoms with E-state index >= 15 is 0 Å². The average molecular weight is 673 g/mol. The zero-order chi connectivity index (χ0) is 35.4. The van der Waals surface area contributed by atoms with Gasteiger partial charge in [-0.3, -0.25) is 9.59 Å². The quantitative estimate of drug-likeness (QED) is 0.241. The van der Waals surface area contributed by atoms with Crippen LogP contribution in [0.5, 0.6) is 0 Å². The highest BCUT2D eigenvalue weighted by molar-refractivity contribution is 5.85. The van der Waals surface area contributed by atoms with E-state index in [0.717, 1.165) is 56.9 Å². The maximum atomic E-state index is 14.7. The van der Waals surface area contributed by atoms with Crippen LogP contribution in [0.3, 0.4) is 0 Å². The third kappa shape index (κ3) is 5.23. The first-order valence-corrected chi connectivity index (χ1v) is 18.9. The fourth-order valence-electron chi connectivity index (χ4n) is 13.2. The molecule has 8 heteroatoms. The molecule has 6 aliphatic rings. The average Bonchev–Trinajstić information content (AvgIpc) is 3.00. The number of ketones is 1. The summed E-state index contributed by atoms with van der Waals surface area (Å²) in [4.78, 5) is 27.2. The van der Waals surface area contributed by atoms with Gasteiger partial charge in [-0.05, 0) is 128 Å². The number of carbonyl (C=O) groups is 2. The van der Waals surface area contributed by atoms with Crippen molar-refractivity contribution in [3.8, 4) is 0 Å². The number of aliphatic carboxylic acids is 1. The number of aliphatic hydroxyl groups excluding tert-OH is 3. The molecule has 1 aliphatic heterocycles. The monoisotopic (exact) mass is 672 g/mol. The Hall–Kier alpha value is -1.32. The molecule has 8 unspecified atom stereocenters. The first kappa shape index (κ1) is 36.5. The van der Waals surface area contributed by atoms with Crippen molar-refractivity contribution < 1.29 is 39.5 Å². The van der Waals surface area contributed by atoms with Crippen LogP contribution >= 0.6 is 0 Å². The Labute approximate surface area is 288 Å². The molecule has 0 amide bonds. The normalized spacial score (nSPS) is 53.1. The second-order valence-corrected chi connectivity index (χ2v) is 19.4. The Morgan fingerprint density at radius 3 is 2.21 bits per heavy atom. The van der Waals surface area contributed by atoms with Crippen molar-refractivity contribution in [1.82, 2.24) is 0 Å². The second kappa shape index (κ2) is 11.9. The number of Topliss-reactive ketones (excluding diaryl/α,β-unsaturated/α-hetero) is 1. The van der Waals surface area contributed by atoms with Crippen molar-refractivity contribution >= 4 is 11.8 Å². The van der Waals surface area contributed by atoms with Gasteiger partial charge in [-0.1, -0.05) is 48.1 Å². The lowest BCUT2D eigenvalue weighted by Crippen LogP contribution is -2.69. The summed E-state index contributed by atoms with van der Waals surface area (Å²) in [5, 5.41) is 41.0. The highest BCUT2D eigenvalue weighted by atomic mass is 16.5. The summed E-state index contributed by atoms with van der Waals surface area (Å²) >= 11 is 0. The number of fused-ring (bicyclic) bond motifs is 7. The highest BCUT2D eigenvalue weighted by Crippen LogP contribution is 2.76. The Bertz CT molecular complexity index is 1310. The van der Waals surface area contributed by atoms with E-state index in [1.54, 1.807) is 6.92 Å². The number of ether oxygens (including phenoxy) is 2. The van der Waals surface area contributed by atoms with Crippen molar-refractivity contribution in [2.45, 2.75) is 163 Å². The van der Waals surface area contributed by atoms with Crippen LogP contribution in [0.25, 0.3) is 0 Å². The predicted molar refractivity (Wildman–Crippen MR) is 183 cm³/mol. The summed E-state index contributed by atoms with van der Waals surface area (Å²) in [5.41, 5.74) is -0.290. The molecule has 15 atom stereocenters. The topological polar surface area (TPSA) is 134 Å². The van der Waals surface area contributed by atoms with E-state index in [0.29, 0.717) is 37.6 Å². The Morgan fingerprint density at radius 2 is 1.54 bits per heavy atom. The Morgan fingerprint density at radius 1 is 0.875 bits per heavy atom. The van der Waals surface area contributed by atoms with Crippen LogP contribution in [0.4, 0.5) is 0 Å². The van der Waals surface area contributed by atoms with Crippen LogP contribution in [0.15, 0.2) is 12.2 Å². The summed E-state index contributed by atoms with van der Waals surface area (Å²) in [6, 6.07) is 0. The molecule has 272 valence electrons. The van der Waals surface area contributed by atoms with Gasteiger partial charge in [0.1, 0.15) is 24.1 Å². The second-order valence-electron chi connectivity index (χ2n) is 19.4. The fraction of sp³-hybridized carbons (Fsp3) is 0.900. The molecule has 1 heterocycles. The van der Waals surface area contributed by atoms with E-state index in [9.17, 15) is 30.0 Å². The van der Waals surface area contributed by atoms with E-state index < -0.39 is 41.9 Å². The van der Waals surface area contributed by atoms with E-state index in [2.05, 4.69) is 48.1 Å². The molecule has 0 radical (unpaired) electrons. The van der Waals surface area contributed by atoms with Gasteiger partial charge in [0.2, 0.25) is 0 Å². The Balaban J connectivity index is 1.19. The molecule has 0 aromatic heterocycles. The first-order chi connectivity index (χ1) is 22.1. The van der Waals surface area contributed by atoms with Crippen LogP contribution < -0.4 is 0 Å². The van der Waals surface area contributed by atoms with Crippen LogP contribution in [0.2, 0.25) is 0 Å². The molecule has 4 N–H and O–H groups in total. The van der Waals surface area contributed by atoms with E-state index in [4.69, 9.17) is 9.47 Å². The predicted octanol–water partition coefficient (Wildman–Crippen LogP) is 6.33. The first-order valence-electron chi connectivity index (χ1n) is 18.9. The number of hydrogen-bond acceptors (Lipinski definition) is 7. The van der Waals surface area contributed by atoms with Gasteiger partial charge in [0.15, 0.2) is 0 Å². The fourth-order valence-corrected chi connectivity index (χ4v) is 13.2. The standard InChI is InChI=1S/C40H64O8/c1-22(18-27-31(43)32(44)30(42)23(2)48-27)21-47-29-11-12-38(7)28(35(29,3)4)10-13-40(9)33(38)26(41)19-24-25-20-37(6,34(45)46)15-14-36(25,5)16-17-39(24,40)8/h23-25,27-33,42-44H,1,10-21H2,2-9H3,(H,45,46)/t23-,24?,25?,27-,28?,29?,30?,31?,32?,33-,36+,37?,38-,39+,40+/m0/s1. The van der Waals surface area contributed by atoms with Gasteiger partial charge in [0.05, 0.1) is 30.3 Å². The molecule has 1 saturated heterocycles. The zero-order valence-corrected chi connectivity index (χ0v) is 30.9. The van der Waals surface area contributed by atoms with Crippen LogP contribution in [0.1, 0.15) is 126 Å². The van der Waals surface area contributed by atoms with E-state index in [1.807, 2.05) is 6.92 Å². The summed E-state index contributed by atoms with van der Waals surface area (Å²) < 4.78 is 12.4. The van der Waals surface area contributed by atoms with Gasteiger partial charge in [0.25, 0.3) is 0 Å². The minimum Gasteiger partial charge on any atom is -0.481 e. The smallest absolute Gasteiger partial charge is 0.309 e. The molecule has 5 aliphatic carbocycles. The summed E-state index contributed by atoms with van der Waals surface area (Å²) in [6.07, 6.45) is 4.48. The van der Waals surface area contributed by atoms with E-state index in [-0.39, 0.29) is 50.9 Å². The zero-order valence-electron chi connectivity index (χ0n) is 30.9. The van der Waals surface area contributed by atoms with Gasteiger partial charge in [0, 0.05) is 12.3 Å². The maximum Gasteiger partial charge on any atom is 0.309 e. The van der Waals surface area contributed by atoms with Crippen molar-refractivity contribution in [3.05, 3.63) is 12.2 Å². The van der Waals surface area contributed by atoms with Gasteiger partial charge in [-0.15, -0.1) is 0 Å². The SMILES string of the molecule is C=C(COC1CC[C@@]2(C)C(CC[C@]3(C)[C@H]2C(=O)CC2C4CC(C)(C(=O)O)CC[C@]4(C)CC[C@]23C)C1(C)C)C[C@@H]1O[C@@H](C)C(O)C(O)C1O. The van der Waals surface area contributed by atoms with Gasteiger partial charge in [-0.2, -0.15) is 0 Å². The summed E-state index contributed by atoms with van der Waals surface area (Å²) in [5.74, 6) is 0.501. The van der Waals surface area contributed by atoms with Crippen LogP contribution in [-0.2, 0) is 19.1 Å². The number of carbonyl (C=O) groups excluding carboxylic acids is 1. The molecule has 6 rings (SSSR count). The molecule has 8 nitrogen and oxygen atoms in total. The molecular formula is C40H64O8. The number of aliphatic hydroxyl groups is 3. The minimum absolute atomic E-state index is 0.00596. The van der Waals surface area contributed by atoms with Gasteiger partial charge >= 0.3 is 5.97 Å². The van der Waals surface area contributed by atoms with Crippen molar-refractivity contribution in [3.63, 3.8) is 0 Å². The Kier molecular flexibility index (Phi) is 9.01. The molecule has 0 bridgehead atoms. The highest BCUT2D eigenvalue weighted by Gasteiger charge is 2.72. The van der Waals surface area contributed by atoms with Crippen LogP contribution in [-0.4, -0.2) is 75.4 Å². The third-order valence-corrected chi connectivity index (χ3v) is 16.5. The number of hydrogen-bond donors (Lipinski definition) is 4. The number of carboxylic acid groups (broad SMARTS) is 1. The molecule has 0 spiro atoms. The number of rotatable bonds is 6. The largest absolute Gasteiger partial charge is 0.481 e. The van der Waals surface area contributed by atoms with Crippen LogP contribution in [0, 0.1) is 56.2 Å². The molecule has 6 fully saturated rings. The maximum absolute atomic E-state index is 14.7. The summed E-state index contributed by atoms with van der Waals surface area (Å²) in [7, 11) is 0. The van der Waals surface area contributed by atoms with Gasteiger partial charge < -0.3 is 29.9 Å². The minimum atomic E-state index is -1.26. The lowest BCUT2D eigenvalue weighted by Gasteiger charge is -2.73. The third-order valence-electron chi connectivity index (χ3n) is 16.5. The van der Waals surface area contributed by atoms with E-state index in [1.165, 1.54) is 0 Å².